The van der Waals surface area contributed by atoms with Crippen molar-refractivity contribution >= 4 is 52.4 Å². The van der Waals surface area contributed by atoms with Gasteiger partial charge in [0.1, 0.15) is 16.5 Å². The van der Waals surface area contributed by atoms with Crippen LogP contribution in [0.25, 0.3) is 0 Å². The molecular weight excluding hydrogens is 522 g/mol. The molecule has 10 heteroatoms. The maximum absolute atomic E-state index is 13.1. The highest BCUT2D eigenvalue weighted by molar-refractivity contribution is 6.53. The molecule has 2 N–H and O–H groups in total. The van der Waals surface area contributed by atoms with Crippen LogP contribution in [0.2, 0.25) is 0 Å². The minimum Gasteiger partial charge on any atom is -0.489 e. The topological polar surface area (TPSA) is 114 Å². The molecule has 0 fully saturated rings. The predicted molar refractivity (Wildman–Crippen MR) is 148 cm³/mol. The molecule has 3 aromatic rings. The summed E-state index contributed by atoms with van der Waals surface area (Å²) in [6.45, 7) is 5.72. The first-order valence-electron chi connectivity index (χ1n) is 12.2. The van der Waals surface area contributed by atoms with Crippen molar-refractivity contribution in [1.29, 1.82) is 0 Å². The second-order valence-electron chi connectivity index (χ2n) is 8.72. The number of para-hydroxylation sites is 2. The maximum Gasteiger partial charge on any atom is 0.338 e. The van der Waals surface area contributed by atoms with Crippen LogP contribution in [0, 0.1) is 0 Å². The second-order valence-corrected chi connectivity index (χ2v) is 9.10. The van der Waals surface area contributed by atoms with Crippen LogP contribution in [0.15, 0.2) is 83.5 Å². The molecule has 3 amide bonds. The van der Waals surface area contributed by atoms with E-state index in [2.05, 4.69) is 10.6 Å². The minimum atomic E-state index is -0.702. The normalized spacial score (nSPS) is 13.1. The van der Waals surface area contributed by atoms with Crippen molar-refractivity contribution in [1.82, 2.24) is 0 Å². The molecule has 200 valence electrons. The van der Waals surface area contributed by atoms with E-state index in [-0.39, 0.29) is 40.6 Å². The van der Waals surface area contributed by atoms with Crippen LogP contribution in [0.3, 0.4) is 0 Å². The van der Waals surface area contributed by atoms with Crippen molar-refractivity contribution in [2.45, 2.75) is 26.9 Å². The van der Waals surface area contributed by atoms with E-state index in [1.807, 2.05) is 19.9 Å². The molecule has 1 aliphatic heterocycles. The molecule has 0 aromatic heterocycles. The van der Waals surface area contributed by atoms with E-state index in [0.717, 1.165) is 4.90 Å². The Kier molecular flexibility index (Phi) is 8.31. The standard InChI is InChI=1S/C29H26ClN3O6/c1-4-38-29(37)19-11-15-21(16-12-19)33-27(35)24(30)25(28(33)36)31-20-13-9-18(10-14-20)26(34)32-22-7-5-6-8-23(22)39-17(2)3/h5-17,31H,4H2,1-3H3,(H,32,34). The highest BCUT2D eigenvalue weighted by Gasteiger charge is 2.39. The van der Waals surface area contributed by atoms with Gasteiger partial charge in [0.2, 0.25) is 0 Å². The van der Waals surface area contributed by atoms with E-state index in [1.165, 1.54) is 24.3 Å². The number of carbonyl (C=O) groups is 4. The summed E-state index contributed by atoms with van der Waals surface area (Å²) >= 11 is 6.22. The van der Waals surface area contributed by atoms with E-state index < -0.39 is 17.8 Å². The number of hydrogen-bond donors (Lipinski definition) is 2. The molecule has 0 saturated heterocycles. The molecular formula is C29H26ClN3O6. The summed E-state index contributed by atoms with van der Waals surface area (Å²) in [5.41, 5.74) is 1.80. The van der Waals surface area contributed by atoms with Crippen LogP contribution in [0.4, 0.5) is 17.1 Å². The molecule has 0 unspecified atom stereocenters. The van der Waals surface area contributed by atoms with Gasteiger partial charge in [0, 0.05) is 11.3 Å². The Morgan fingerprint density at radius 2 is 1.54 bits per heavy atom. The van der Waals surface area contributed by atoms with Gasteiger partial charge in [0.05, 0.1) is 29.6 Å². The van der Waals surface area contributed by atoms with Crippen LogP contribution in [-0.4, -0.2) is 36.4 Å². The Bertz CT molecular complexity index is 1450. The summed E-state index contributed by atoms with van der Waals surface area (Å²) in [4.78, 5) is 51.4. The monoisotopic (exact) mass is 547 g/mol. The van der Waals surface area contributed by atoms with Gasteiger partial charge in [-0.05, 0) is 81.4 Å². The molecule has 3 aromatic carbocycles. The van der Waals surface area contributed by atoms with E-state index >= 15 is 0 Å². The van der Waals surface area contributed by atoms with Crippen LogP contribution in [0.1, 0.15) is 41.5 Å². The van der Waals surface area contributed by atoms with Gasteiger partial charge < -0.3 is 20.1 Å². The maximum atomic E-state index is 13.1. The number of esters is 1. The minimum absolute atomic E-state index is 0.0559. The van der Waals surface area contributed by atoms with Gasteiger partial charge in [0.15, 0.2) is 0 Å². The lowest BCUT2D eigenvalue weighted by atomic mass is 10.1. The van der Waals surface area contributed by atoms with Gasteiger partial charge in [-0.15, -0.1) is 0 Å². The Morgan fingerprint density at radius 3 is 2.18 bits per heavy atom. The van der Waals surface area contributed by atoms with Gasteiger partial charge in [0.25, 0.3) is 17.7 Å². The van der Waals surface area contributed by atoms with Crippen molar-refractivity contribution in [2.24, 2.45) is 0 Å². The van der Waals surface area contributed by atoms with E-state index in [0.29, 0.717) is 22.7 Å². The van der Waals surface area contributed by atoms with E-state index in [9.17, 15) is 19.2 Å². The number of hydrogen-bond acceptors (Lipinski definition) is 7. The van der Waals surface area contributed by atoms with Crippen LogP contribution >= 0.6 is 11.6 Å². The fourth-order valence-corrected chi connectivity index (χ4v) is 3.99. The summed E-state index contributed by atoms with van der Waals surface area (Å²) in [6.07, 6.45) is -0.0559. The highest BCUT2D eigenvalue weighted by Crippen LogP contribution is 2.31. The molecule has 0 bridgehead atoms. The van der Waals surface area contributed by atoms with Crippen molar-refractivity contribution in [3.05, 3.63) is 94.7 Å². The molecule has 1 heterocycles. The van der Waals surface area contributed by atoms with E-state index in [4.69, 9.17) is 21.1 Å². The van der Waals surface area contributed by atoms with Crippen LogP contribution in [0.5, 0.6) is 5.75 Å². The number of rotatable bonds is 9. The zero-order valence-corrected chi connectivity index (χ0v) is 22.2. The summed E-state index contributed by atoms with van der Waals surface area (Å²) < 4.78 is 10.7. The lowest BCUT2D eigenvalue weighted by Crippen LogP contribution is -2.32. The number of nitrogens with one attached hydrogen (secondary N) is 2. The second kappa shape index (κ2) is 11.8. The molecule has 0 aliphatic carbocycles. The SMILES string of the molecule is CCOC(=O)c1ccc(N2C(=O)C(Cl)=C(Nc3ccc(C(=O)Nc4ccccc4OC(C)C)cc3)C2=O)cc1. The first-order chi connectivity index (χ1) is 18.7. The number of halogens is 1. The summed E-state index contributed by atoms with van der Waals surface area (Å²) in [6, 6.07) is 19.3. The lowest BCUT2D eigenvalue weighted by molar-refractivity contribution is -0.120. The summed E-state index contributed by atoms with van der Waals surface area (Å²) in [5.74, 6) is -1.65. The zero-order valence-electron chi connectivity index (χ0n) is 21.5. The molecule has 0 saturated carbocycles. The molecule has 1 aliphatic rings. The van der Waals surface area contributed by atoms with Crippen molar-refractivity contribution in [2.75, 3.05) is 22.1 Å². The summed E-state index contributed by atoms with van der Waals surface area (Å²) in [5, 5.41) is 5.43. The van der Waals surface area contributed by atoms with Crippen LogP contribution < -0.4 is 20.3 Å². The first kappa shape index (κ1) is 27.4. The molecule has 0 radical (unpaired) electrons. The molecule has 4 rings (SSSR count). The van der Waals surface area contributed by atoms with Crippen molar-refractivity contribution < 1.29 is 28.7 Å². The van der Waals surface area contributed by atoms with Gasteiger partial charge in [-0.2, -0.15) is 0 Å². The van der Waals surface area contributed by atoms with Crippen molar-refractivity contribution in [3.63, 3.8) is 0 Å². The molecule has 0 atom stereocenters. The number of ether oxygens (including phenoxy) is 2. The van der Waals surface area contributed by atoms with E-state index in [1.54, 1.807) is 49.4 Å². The number of nitrogens with zero attached hydrogens (tertiary/aromatic N) is 1. The Balaban J connectivity index is 1.45. The molecule has 0 spiro atoms. The predicted octanol–water partition coefficient (Wildman–Crippen LogP) is 5.34. The highest BCUT2D eigenvalue weighted by atomic mass is 35.5. The Labute approximate surface area is 230 Å². The van der Waals surface area contributed by atoms with Gasteiger partial charge in [-0.3, -0.25) is 14.4 Å². The fourth-order valence-electron chi connectivity index (χ4n) is 3.78. The largest absolute Gasteiger partial charge is 0.489 e. The average Bonchev–Trinajstić information content (AvgIpc) is 3.13. The lowest BCUT2D eigenvalue weighted by Gasteiger charge is -2.16. The Morgan fingerprint density at radius 1 is 0.897 bits per heavy atom. The van der Waals surface area contributed by atoms with Gasteiger partial charge >= 0.3 is 5.97 Å². The third kappa shape index (κ3) is 6.10. The molecule has 9 nitrogen and oxygen atoms in total. The number of benzene rings is 3. The number of anilines is 3. The third-order valence-corrected chi connectivity index (χ3v) is 5.93. The van der Waals surface area contributed by atoms with Crippen LogP contribution in [-0.2, 0) is 14.3 Å². The smallest absolute Gasteiger partial charge is 0.338 e. The quantitative estimate of drug-likeness (QED) is 0.274. The molecule has 39 heavy (non-hydrogen) atoms. The first-order valence-corrected chi connectivity index (χ1v) is 12.6. The number of imide groups is 1. The number of amides is 3. The fraction of sp³-hybridized carbons (Fsp3) is 0.172. The van der Waals surface area contributed by atoms with Crippen molar-refractivity contribution in [3.8, 4) is 5.75 Å². The number of carbonyl (C=O) groups excluding carboxylic acids is 4. The van der Waals surface area contributed by atoms with Gasteiger partial charge in [-0.25, -0.2) is 9.69 Å². The summed E-state index contributed by atoms with van der Waals surface area (Å²) in [7, 11) is 0. The van der Waals surface area contributed by atoms with Gasteiger partial charge in [-0.1, -0.05) is 23.7 Å². The third-order valence-electron chi connectivity index (χ3n) is 5.58. The Hall–Kier alpha value is -4.63. The zero-order chi connectivity index (χ0) is 28.1. The average molecular weight is 548 g/mol.